The van der Waals surface area contributed by atoms with Crippen molar-refractivity contribution in [3.63, 3.8) is 0 Å². The minimum absolute atomic E-state index is 0.140. The molecule has 5 fully saturated rings. The zero-order valence-electron chi connectivity index (χ0n) is 35.9. The van der Waals surface area contributed by atoms with E-state index in [0.29, 0.717) is 53.1 Å². The number of phenols is 1. The van der Waals surface area contributed by atoms with Crippen LogP contribution in [0.15, 0.2) is 48.5 Å². The normalized spacial score (nSPS) is 24.1. The highest BCUT2D eigenvalue weighted by molar-refractivity contribution is 6.06. The van der Waals surface area contributed by atoms with E-state index >= 15 is 4.39 Å². The number of rotatable bonds is 10. The highest BCUT2D eigenvalue weighted by Crippen LogP contribution is 2.54. The van der Waals surface area contributed by atoms with Crippen LogP contribution in [0.1, 0.15) is 79.9 Å². The molecule has 2 N–H and O–H groups in total. The standard InChI is InChI=1S/C47H57F2N7O6/c1-47(2)43(56(46(47)61)33-5-8-40(57)37(49)23-33)35-24-36(48)39(25-41(35)62-3)54-16-12-30(13-17-54)27-52-20-18-51(19-21-52)26-29-10-14-53(15-11-29)32-4-6-34-31(22-32)28-55(45(34)60)38-7-9-42(58)50-44(38)59/h4-6,8,22-25,29-30,38,43,57H,7,9-21,26-28H2,1-3H3,(H,50,58,59)/t38?,43-/m0/s1. The Morgan fingerprint density at radius 3 is 2.00 bits per heavy atom. The summed E-state index contributed by atoms with van der Waals surface area (Å²) in [7, 11) is 1.54. The van der Waals surface area contributed by atoms with Crippen LogP contribution in [0.25, 0.3) is 0 Å². The van der Waals surface area contributed by atoms with Gasteiger partial charge in [-0.25, -0.2) is 8.78 Å². The fraction of sp³-hybridized carbons (Fsp3) is 0.532. The second-order valence-electron chi connectivity index (χ2n) is 18.7. The van der Waals surface area contributed by atoms with E-state index < -0.39 is 29.1 Å². The van der Waals surface area contributed by atoms with Crippen molar-refractivity contribution in [3.05, 3.63) is 76.9 Å². The lowest BCUT2D eigenvalue weighted by Crippen LogP contribution is -2.61. The number of nitrogens with one attached hydrogen (secondary N) is 1. The van der Waals surface area contributed by atoms with Crippen molar-refractivity contribution in [1.29, 1.82) is 0 Å². The van der Waals surface area contributed by atoms with Crippen molar-refractivity contribution >= 4 is 40.7 Å². The van der Waals surface area contributed by atoms with E-state index in [1.807, 2.05) is 12.1 Å². The number of ether oxygens (including phenoxy) is 1. The molecule has 0 spiro atoms. The fourth-order valence-corrected chi connectivity index (χ4v) is 10.8. The lowest BCUT2D eigenvalue weighted by atomic mass is 9.70. The van der Waals surface area contributed by atoms with Crippen molar-refractivity contribution in [2.75, 3.05) is 87.3 Å². The third-order valence-electron chi connectivity index (χ3n) is 14.5. The van der Waals surface area contributed by atoms with Crippen molar-refractivity contribution in [3.8, 4) is 11.5 Å². The predicted octanol–water partition coefficient (Wildman–Crippen LogP) is 5.30. The maximum Gasteiger partial charge on any atom is 0.255 e. The number of piperidine rings is 3. The molecule has 2 atom stereocenters. The molecule has 15 heteroatoms. The number of aromatic hydroxyl groups is 1. The Balaban J connectivity index is 0.725. The van der Waals surface area contributed by atoms with Gasteiger partial charge in [0.2, 0.25) is 17.7 Å². The average Bonchev–Trinajstić information content (AvgIpc) is 3.59. The zero-order valence-corrected chi connectivity index (χ0v) is 35.9. The van der Waals surface area contributed by atoms with Gasteiger partial charge in [-0.3, -0.25) is 24.5 Å². The van der Waals surface area contributed by atoms with Gasteiger partial charge in [-0.2, -0.15) is 0 Å². The van der Waals surface area contributed by atoms with Gasteiger partial charge in [-0.05, 0) is 99.7 Å². The van der Waals surface area contributed by atoms with Crippen LogP contribution >= 0.6 is 0 Å². The maximum absolute atomic E-state index is 16.0. The fourth-order valence-electron chi connectivity index (χ4n) is 10.8. The molecule has 0 bridgehead atoms. The summed E-state index contributed by atoms with van der Waals surface area (Å²) >= 11 is 0. The number of anilines is 3. The lowest BCUT2D eigenvalue weighted by Gasteiger charge is -2.53. The van der Waals surface area contributed by atoms with Crippen LogP contribution in [-0.2, 0) is 20.9 Å². The number of hydrogen-bond donors (Lipinski definition) is 2. The molecule has 330 valence electrons. The van der Waals surface area contributed by atoms with E-state index in [2.05, 4.69) is 31.0 Å². The predicted molar refractivity (Wildman–Crippen MR) is 230 cm³/mol. The first-order chi connectivity index (χ1) is 29.8. The smallest absolute Gasteiger partial charge is 0.255 e. The number of fused-ring (bicyclic) bond motifs is 1. The third kappa shape index (κ3) is 7.86. The van der Waals surface area contributed by atoms with Gasteiger partial charge in [-0.1, -0.05) is 0 Å². The van der Waals surface area contributed by atoms with E-state index in [1.54, 1.807) is 24.8 Å². The van der Waals surface area contributed by atoms with Crippen LogP contribution in [0, 0.1) is 28.9 Å². The number of imide groups is 1. The molecule has 6 heterocycles. The molecule has 0 aromatic heterocycles. The largest absolute Gasteiger partial charge is 0.505 e. The Labute approximate surface area is 361 Å². The SMILES string of the molecule is COc1cc(N2CCC(CN3CCN(CC4CCN(c5ccc6c(c5)CN(C5CCC(=O)NC5=O)C6=O)CC4)CC3)CC2)c(F)cc1[C@@H]1N(c2ccc(O)c(F)c2)C(=O)C1(C)C. The number of amides is 4. The minimum Gasteiger partial charge on any atom is -0.505 e. The summed E-state index contributed by atoms with van der Waals surface area (Å²) in [5, 5.41) is 12.1. The zero-order chi connectivity index (χ0) is 43.4. The summed E-state index contributed by atoms with van der Waals surface area (Å²) in [6, 6.07) is 11.9. The van der Waals surface area contributed by atoms with Crippen molar-refractivity contribution in [2.24, 2.45) is 17.3 Å². The molecule has 6 aliphatic rings. The number of phenolic OH excluding ortho intramolecular Hbond substituents is 1. The van der Waals surface area contributed by atoms with Crippen molar-refractivity contribution in [2.45, 2.75) is 71.0 Å². The Morgan fingerprint density at radius 2 is 1.39 bits per heavy atom. The highest BCUT2D eigenvalue weighted by atomic mass is 19.1. The molecule has 6 aliphatic heterocycles. The third-order valence-corrected chi connectivity index (χ3v) is 14.5. The van der Waals surface area contributed by atoms with Crippen LogP contribution in [0.3, 0.4) is 0 Å². The molecule has 1 unspecified atom stereocenters. The summed E-state index contributed by atoms with van der Waals surface area (Å²) in [6.45, 7) is 13.7. The number of benzene rings is 3. The van der Waals surface area contributed by atoms with Gasteiger partial charge in [0.05, 0.1) is 24.3 Å². The summed E-state index contributed by atoms with van der Waals surface area (Å²) in [5.74, 6) is -1.10. The quantitative estimate of drug-likeness (QED) is 0.205. The second-order valence-corrected chi connectivity index (χ2v) is 18.7. The van der Waals surface area contributed by atoms with Crippen molar-refractivity contribution in [1.82, 2.24) is 20.0 Å². The number of carbonyl (C=O) groups is 4. The van der Waals surface area contributed by atoms with Gasteiger partial charge in [0, 0.05) is 113 Å². The lowest BCUT2D eigenvalue weighted by molar-refractivity contribution is -0.138. The molecule has 4 amide bonds. The second kappa shape index (κ2) is 16.8. The Bertz CT molecular complexity index is 2250. The molecular weight excluding hydrogens is 797 g/mol. The van der Waals surface area contributed by atoms with Crippen LogP contribution in [-0.4, -0.2) is 122 Å². The number of carbonyl (C=O) groups excluding carboxylic acids is 4. The van der Waals surface area contributed by atoms with Crippen molar-refractivity contribution < 1.29 is 37.8 Å². The molecule has 13 nitrogen and oxygen atoms in total. The van der Waals surface area contributed by atoms with Crippen LogP contribution in [0.2, 0.25) is 0 Å². The number of halogens is 2. The van der Waals surface area contributed by atoms with Gasteiger partial charge in [-0.15, -0.1) is 0 Å². The number of nitrogens with zero attached hydrogens (tertiary/aromatic N) is 6. The number of piperazine rings is 1. The van der Waals surface area contributed by atoms with Gasteiger partial charge in [0.15, 0.2) is 11.6 Å². The number of β-lactam (4-membered cyclic amide) rings is 1. The molecule has 62 heavy (non-hydrogen) atoms. The molecule has 0 saturated carbocycles. The number of hydrogen-bond acceptors (Lipinski definition) is 10. The Hall–Kier alpha value is -5.28. The van der Waals surface area contributed by atoms with E-state index in [1.165, 1.54) is 30.2 Å². The molecule has 3 aromatic carbocycles. The molecule has 0 aliphatic carbocycles. The Morgan fingerprint density at radius 1 is 0.758 bits per heavy atom. The van der Waals surface area contributed by atoms with E-state index in [4.69, 9.17) is 4.74 Å². The first-order valence-electron chi connectivity index (χ1n) is 22.2. The van der Waals surface area contributed by atoms with Crippen LogP contribution in [0.5, 0.6) is 11.5 Å². The summed E-state index contributed by atoms with van der Waals surface area (Å²) in [5.41, 5.74) is 3.12. The Kier molecular flexibility index (Phi) is 11.4. The molecular formula is C47H57F2N7O6. The first-order valence-corrected chi connectivity index (χ1v) is 22.2. The monoisotopic (exact) mass is 853 g/mol. The van der Waals surface area contributed by atoms with Crippen LogP contribution in [0.4, 0.5) is 25.8 Å². The summed E-state index contributed by atoms with van der Waals surface area (Å²) < 4.78 is 36.1. The van der Waals surface area contributed by atoms with Gasteiger partial charge in [0.1, 0.15) is 17.6 Å². The van der Waals surface area contributed by atoms with Gasteiger partial charge >= 0.3 is 0 Å². The topological polar surface area (TPSA) is 129 Å². The van der Waals surface area contributed by atoms with Gasteiger partial charge in [0.25, 0.3) is 5.91 Å². The van der Waals surface area contributed by atoms with E-state index in [0.717, 1.165) is 108 Å². The minimum atomic E-state index is -0.874. The highest BCUT2D eigenvalue weighted by Gasteiger charge is 2.56. The maximum atomic E-state index is 16.0. The molecule has 3 aromatic rings. The number of methoxy groups -OCH3 is 1. The average molecular weight is 854 g/mol. The van der Waals surface area contributed by atoms with E-state index in [9.17, 15) is 28.7 Å². The van der Waals surface area contributed by atoms with Crippen LogP contribution < -0.4 is 24.8 Å². The molecule has 5 saturated heterocycles. The van der Waals surface area contributed by atoms with Gasteiger partial charge < -0.3 is 39.2 Å². The molecule has 0 radical (unpaired) electrons. The van der Waals surface area contributed by atoms with E-state index in [-0.39, 0.29) is 35.9 Å². The molecule has 9 rings (SSSR count). The summed E-state index contributed by atoms with van der Waals surface area (Å²) in [4.78, 5) is 63.3. The first kappa shape index (κ1) is 42.0. The summed E-state index contributed by atoms with van der Waals surface area (Å²) in [6.07, 6.45) is 4.77.